The van der Waals surface area contributed by atoms with Crippen molar-refractivity contribution in [3.05, 3.63) is 122 Å². The molecule has 0 spiro atoms. The van der Waals surface area contributed by atoms with Crippen LogP contribution in [0.2, 0.25) is 0 Å². The maximum Gasteiger partial charge on any atom is 0.472 e. The van der Waals surface area contributed by atoms with Crippen molar-refractivity contribution >= 4 is 13.7 Å². The molecule has 3 unspecified atom stereocenters. The van der Waals surface area contributed by atoms with Crippen molar-refractivity contribution in [2.75, 3.05) is 40.9 Å². The van der Waals surface area contributed by atoms with Crippen molar-refractivity contribution in [3.63, 3.8) is 0 Å². The van der Waals surface area contributed by atoms with Gasteiger partial charge in [0, 0.05) is 6.42 Å². The van der Waals surface area contributed by atoms with Crippen LogP contribution in [0.3, 0.4) is 0 Å². The molecule has 0 aromatic rings. The molecule has 72 heavy (non-hydrogen) atoms. The van der Waals surface area contributed by atoms with Gasteiger partial charge in [0.1, 0.15) is 13.2 Å². The van der Waals surface area contributed by atoms with Crippen molar-refractivity contribution in [2.45, 2.75) is 231 Å². The first-order chi connectivity index (χ1) is 35.0. The van der Waals surface area contributed by atoms with E-state index in [1.54, 1.807) is 6.08 Å². The van der Waals surface area contributed by atoms with Crippen LogP contribution < -0.4 is 5.32 Å². The summed E-state index contributed by atoms with van der Waals surface area (Å²) in [4.78, 5) is 23.2. The Bertz CT molecular complexity index is 1580. The summed E-state index contributed by atoms with van der Waals surface area (Å²) < 4.78 is 23.6. The summed E-state index contributed by atoms with van der Waals surface area (Å²) in [6, 6.07) is -0.871. The molecule has 0 heterocycles. The fourth-order valence-corrected chi connectivity index (χ4v) is 8.40. The molecule has 0 radical (unpaired) electrons. The Morgan fingerprint density at radius 2 is 0.847 bits per heavy atom. The first-order valence-electron chi connectivity index (χ1n) is 28.9. The third kappa shape index (κ3) is 54.7. The summed E-state index contributed by atoms with van der Waals surface area (Å²) in [5.74, 6) is -0.195. The lowest BCUT2D eigenvalue weighted by atomic mass is 10.0. The highest BCUT2D eigenvalue weighted by molar-refractivity contribution is 7.47. The van der Waals surface area contributed by atoms with E-state index in [1.807, 2.05) is 27.2 Å². The number of allylic oxidation sites excluding steroid dienone is 19. The molecule has 0 rings (SSSR count). The Balaban J connectivity index is 4.10. The maximum atomic E-state index is 12.9. The number of likely N-dealkylation sites (N-methyl/N-ethyl adjacent to an activating group) is 1. The average molecular weight is 1020 g/mol. The molecule has 9 heteroatoms. The van der Waals surface area contributed by atoms with Gasteiger partial charge in [-0.15, -0.1) is 0 Å². The number of aliphatic hydroxyl groups is 1. The van der Waals surface area contributed by atoms with Crippen LogP contribution >= 0.6 is 7.82 Å². The number of hydrogen-bond acceptors (Lipinski definition) is 5. The monoisotopic (exact) mass is 1020 g/mol. The number of amides is 1. The molecule has 0 bridgehead atoms. The second kappa shape index (κ2) is 52.8. The van der Waals surface area contributed by atoms with E-state index in [4.69, 9.17) is 9.05 Å². The Kier molecular flexibility index (Phi) is 50.5. The lowest BCUT2D eigenvalue weighted by Gasteiger charge is -2.25. The van der Waals surface area contributed by atoms with Crippen LogP contribution in [0.4, 0.5) is 0 Å². The minimum Gasteiger partial charge on any atom is -0.387 e. The van der Waals surface area contributed by atoms with Gasteiger partial charge in [0.25, 0.3) is 0 Å². The largest absolute Gasteiger partial charge is 0.472 e. The zero-order chi connectivity index (χ0) is 52.7. The van der Waals surface area contributed by atoms with Crippen molar-refractivity contribution in [1.82, 2.24) is 5.32 Å². The van der Waals surface area contributed by atoms with Gasteiger partial charge in [-0.25, -0.2) is 4.57 Å². The van der Waals surface area contributed by atoms with E-state index >= 15 is 0 Å². The van der Waals surface area contributed by atoms with Gasteiger partial charge in [0.2, 0.25) is 5.91 Å². The maximum absolute atomic E-state index is 12.9. The van der Waals surface area contributed by atoms with E-state index in [2.05, 4.69) is 129 Å². The van der Waals surface area contributed by atoms with E-state index in [1.165, 1.54) is 109 Å². The van der Waals surface area contributed by atoms with Crippen LogP contribution in [0.25, 0.3) is 0 Å². The van der Waals surface area contributed by atoms with Gasteiger partial charge in [-0.1, -0.05) is 238 Å². The molecule has 0 aliphatic rings. The molecule has 3 N–H and O–H groups in total. The lowest BCUT2D eigenvalue weighted by Crippen LogP contribution is -2.45. The third-order valence-electron chi connectivity index (χ3n) is 12.2. The topological polar surface area (TPSA) is 105 Å². The average Bonchev–Trinajstić information content (AvgIpc) is 3.34. The van der Waals surface area contributed by atoms with Crippen molar-refractivity contribution in [2.24, 2.45) is 0 Å². The number of hydrogen-bond donors (Lipinski definition) is 3. The second-order valence-electron chi connectivity index (χ2n) is 20.3. The van der Waals surface area contributed by atoms with Crippen LogP contribution in [0.15, 0.2) is 122 Å². The van der Waals surface area contributed by atoms with Gasteiger partial charge in [-0.05, 0) is 96.3 Å². The number of quaternary nitrogens is 1. The van der Waals surface area contributed by atoms with Crippen molar-refractivity contribution in [3.8, 4) is 0 Å². The molecule has 3 atom stereocenters. The highest BCUT2D eigenvalue weighted by atomic mass is 31.2. The standard InChI is InChI=1S/C63H109N2O6P/c1-6-8-10-12-14-16-18-20-21-22-23-24-25-26-27-28-29-30-31-32-33-34-35-36-37-38-39-40-41-42-43-45-47-49-51-53-55-57-63(67)64-61(60-71-72(68,69)70-59-58-65(3,4)5)62(66)56-54-52-50-48-46-44-19-17-15-13-11-9-7-2/h8,10,14,16,20-21,23-24,26-27,29-30,32-33,35-36,46,48,54,56,61-62,66H,6-7,9,11-13,15,17-19,22,25,28,31,34,37-45,47,49-53,55,57-60H2,1-5H3,(H-,64,67,68,69)/p+1/b10-8-,16-14-,21-20-,24-23-,27-26-,30-29-,33-32-,36-35-,48-46+,56-54+. The van der Waals surface area contributed by atoms with E-state index < -0.39 is 20.0 Å². The first kappa shape index (κ1) is 68.9. The summed E-state index contributed by atoms with van der Waals surface area (Å²) in [6.45, 7) is 4.65. The molecular formula is C63H110N2O6P+. The first-order valence-corrected chi connectivity index (χ1v) is 30.4. The van der Waals surface area contributed by atoms with Crippen LogP contribution in [0.1, 0.15) is 219 Å². The van der Waals surface area contributed by atoms with E-state index in [0.717, 1.165) is 89.9 Å². The van der Waals surface area contributed by atoms with Crippen LogP contribution in [0, 0.1) is 0 Å². The summed E-state index contributed by atoms with van der Waals surface area (Å²) in [7, 11) is 1.54. The number of phosphoric acid groups is 1. The zero-order valence-corrected chi connectivity index (χ0v) is 47.8. The molecule has 0 aromatic heterocycles. The summed E-state index contributed by atoms with van der Waals surface area (Å²) in [5, 5.41) is 13.9. The predicted molar refractivity (Wildman–Crippen MR) is 313 cm³/mol. The Labute approximate surface area is 444 Å². The lowest BCUT2D eigenvalue weighted by molar-refractivity contribution is -0.870. The van der Waals surface area contributed by atoms with E-state index in [0.29, 0.717) is 17.4 Å². The van der Waals surface area contributed by atoms with Crippen LogP contribution in [0.5, 0.6) is 0 Å². The van der Waals surface area contributed by atoms with Crippen LogP contribution in [-0.2, 0) is 18.4 Å². The van der Waals surface area contributed by atoms with E-state index in [-0.39, 0.29) is 19.1 Å². The molecule has 0 aliphatic heterocycles. The fourth-order valence-electron chi connectivity index (χ4n) is 7.66. The molecule has 8 nitrogen and oxygen atoms in total. The molecule has 0 saturated heterocycles. The molecule has 412 valence electrons. The SMILES string of the molecule is CC/C=C\C/C=C\C/C=C\C/C=C\C/C=C\C/C=C\C/C=C\C/C=C\CCCCCCCCCCCCCCC(=O)NC(COP(=O)(O)OCC[N+](C)(C)C)C(O)/C=C/CC/C=C/CCCCCCCCC. The van der Waals surface area contributed by atoms with Gasteiger partial charge in [0.15, 0.2) is 0 Å². The molecule has 0 fully saturated rings. The molecule has 1 amide bonds. The minimum absolute atomic E-state index is 0.0506. The minimum atomic E-state index is -4.36. The van der Waals surface area contributed by atoms with Crippen molar-refractivity contribution < 1.29 is 32.9 Å². The number of carbonyl (C=O) groups is 1. The fraction of sp³-hybridized carbons (Fsp3) is 0.667. The van der Waals surface area contributed by atoms with Crippen molar-refractivity contribution in [1.29, 1.82) is 0 Å². The Hall–Kier alpha value is -3.10. The predicted octanol–water partition coefficient (Wildman–Crippen LogP) is 17.8. The normalized spacial score (nSPS) is 14.8. The van der Waals surface area contributed by atoms with Gasteiger partial charge in [0.05, 0.1) is 39.9 Å². The number of carbonyl (C=O) groups excluding carboxylic acids is 1. The molecule has 0 aliphatic carbocycles. The van der Waals surface area contributed by atoms with Gasteiger partial charge in [-0.3, -0.25) is 13.8 Å². The Morgan fingerprint density at radius 3 is 1.28 bits per heavy atom. The third-order valence-corrected chi connectivity index (χ3v) is 13.1. The summed E-state index contributed by atoms with van der Waals surface area (Å²) >= 11 is 0. The van der Waals surface area contributed by atoms with Gasteiger partial charge < -0.3 is 19.8 Å². The molecular weight excluding hydrogens is 912 g/mol. The van der Waals surface area contributed by atoms with Gasteiger partial charge in [-0.2, -0.15) is 0 Å². The summed E-state index contributed by atoms with van der Waals surface area (Å²) in [6.07, 6.45) is 78.8. The number of nitrogens with one attached hydrogen (secondary N) is 1. The smallest absolute Gasteiger partial charge is 0.387 e. The highest BCUT2D eigenvalue weighted by Crippen LogP contribution is 2.43. The number of nitrogens with zero attached hydrogens (tertiary/aromatic N) is 1. The molecule has 0 aromatic carbocycles. The van der Waals surface area contributed by atoms with Gasteiger partial charge >= 0.3 is 7.82 Å². The quantitative estimate of drug-likeness (QED) is 0.0243. The number of aliphatic hydroxyl groups excluding tert-OH is 1. The number of unbranched alkanes of at least 4 members (excludes halogenated alkanes) is 20. The second-order valence-corrected chi connectivity index (χ2v) is 21.7. The highest BCUT2D eigenvalue weighted by Gasteiger charge is 2.27. The Morgan fingerprint density at radius 1 is 0.486 bits per heavy atom. The number of phosphoric ester groups is 1. The van der Waals surface area contributed by atoms with Crippen LogP contribution in [-0.4, -0.2) is 73.4 Å². The number of rotatable bonds is 51. The summed E-state index contributed by atoms with van der Waals surface area (Å²) in [5.41, 5.74) is 0. The van der Waals surface area contributed by atoms with E-state index in [9.17, 15) is 19.4 Å². The molecule has 0 saturated carbocycles. The zero-order valence-electron chi connectivity index (χ0n) is 46.9.